The van der Waals surface area contributed by atoms with Crippen LogP contribution in [0.25, 0.3) is 0 Å². The highest BCUT2D eigenvalue weighted by molar-refractivity contribution is 5.49. The van der Waals surface area contributed by atoms with Gasteiger partial charge in [0, 0.05) is 0 Å². The van der Waals surface area contributed by atoms with Crippen LogP contribution in [0, 0.1) is 0 Å². The molecule has 0 aliphatic rings. The molecule has 0 aromatic heterocycles. The fourth-order valence-corrected chi connectivity index (χ4v) is 0. The number of carbonyl (C=O) groups excluding carboxylic acids is 1. The molecule has 0 fully saturated rings. The standard InChI is InChI=1S/C2H4O2.CH4/c3-1-2-4;/h1,4H,2H2;1H4. The normalized spacial score (nSPS) is 5.00. The van der Waals surface area contributed by atoms with Crippen LogP contribution in [-0.4, -0.2) is 18.0 Å². The third-order valence-electron chi connectivity index (χ3n) is 0.0745. The van der Waals surface area contributed by atoms with E-state index in [1.54, 1.807) is 0 Å². The van der Waals surface area contributed by atoms with Gasteiger partial charge >= 0.3 is 0 Å². The quantitative estimate of drug-likeness (QED) is 0.440. The van der Waals surface area contributed by atoms with E-state index in [0.29, 0.717) is 6.29 Å². The summed E-state index contributed by atoms with van der Waals surface area (Å²) in [4.78, 5) is 8.92. The van der Waals surface area contributed by atoms with Crippen molar-refractivity contribution in [3.63, 3.8) is 0 Å². The van der Waals surface area contributed by atoms with Crippen molar-refractivity contribution in [2.45, 2.75) is 7.43 Å². The molecular formula is C3H8O2. The number of aliphatic hydroxyl groups is 1. The molecule has 0 aromatic carbocycles. The van der Waals surface area contributed by atoms with Crippen LogP contribution < -0.4 is 0 Å². The molecule has 0 rings (SSSR count). The van der Waals surface area contributed by atoms with Crippen molar-refractivity contribution in [1.82, 2.24) is 0 Å². The van der Waals surface area contributed by atoms with Crippen LogP contribution in [0.1, 0.15) is 7.43 Å². The molecule has 0 spiro atoms. The second kappa shape index (κ2) is 9.45. The summed E-state index contributed by atoms with van der Waals surface area (Å²) in [6.07, 6.45) is 0.431. The highest BCUT2D eigenvalue weighted by Crippen LogP contribution is 1.27. The van der Waals surface area contributed by atoms with Crippen LogP contribution >= 0.6 is 0 Å². The molecule has 0 bridgehead atoms. The predicted molar refractivity (Wildman–Crippen MR) is 19.9 cm³/mol. The van der Waals surface area contributed by atoms with E-state index in [1.165, 1.54) is 0 Å². The van der Waals surface area contributed by atoms with Crippen molar-refractivity contribution in [1.29, 1.82) is 0 Å². The van der Waals surface area contributed by atoms with Gasteiger partial charge in [-0.15, -0.1) is 0 Å². The van der Waals surface area contributed by atoms with E-state index in [9.17, 15) is 0 Å². The Kier molecular flexibility index (Phi) is 16.7. The Morgan fingerprint density at radius 1 is 1.80 bits per heavy atom. The van der Waals surface area contributed by atoms with Crippen LogP contribution in [0.5, 0.6) is 0 Å². The van der Waals surface area contributed by atoms with Gasteiger partial charge in [-0.2, -0.15) is 0 Å². The van der Waals surface area contributed by atoms with Gasteiger partial charge < -0.3 is 9.90 Å². The van der Waals surface area contributed by atoms with Crippen LogP contribution in [0.15, 0.2) is 0 Å². The van der Waals surface area contributed by atoms with Gasteiger partial charge in [-0.3, -0.25) is 0 Å². The van der Waals surface area contributed by atoms with Crippen LogP contribution in [-0.2, 0) is 4.79 Å². The van der Waals surface area contributed by atoms with E-state index in [2.05, 4.69) is 0 Å². The maximum absolute atomic E-state index is 8.92. The summed E-state index contributed by atoms with van der Waals surface area (Å²) >= 11 is 0. The third-order valence-corrected chi connectivity index (χ3v) is 0.0745. The summed E-state index contributed by atoms with van der Waals surface area (Å²) in [5.74, 6) is 0. The molecule has 0 heterocycles. The molecule has 0 aliphatic heterocycles. The van der Waals surface area contributed by atoms with Gasteiger partial charge in [0.15, 0.2) is 0 Å². The third kappa shape index (κ3) is 24.3. The van der Waals surface area contributed by atoms with Gasteiger partial charge in [-0.25, -0.2) is 0 Å². The Morgan fingerprint density at radius 2 is 2.00 bits per heavy atom. The molecule has 0 aromatic rings. The van der Waals surface area contributed by atoms with Crippen LogP contribution in [0.3, 0.4) is 0 Å². The van der Waals surface area contributed by atoms with Gasteiger partial charge in [-0.1, -0.05) is 7.43 Å². The van der Waals surface area contributed by atoms with Crippen molar-refractivity contribution in [3.8, 4) is 0 Å². The van der Waals surface area contributed by atoms with E-state index in [-0.39, 0.29) is 14.0 Å². The molecule has 32 valence electrons. The Balaban J connectivity index is 0. The first-order chi connectivity index (χ1) is 1.91. The molecule has 0 saturated heterocycles. The number of hydrogen-bond donors (Lipinski definition) is 1. The summed E-state index contributed by atoms with van der Waals surface area (Å²) in [6.45, 7) is -0.361. The molecule has 2 heteroatoms. The first-order valence-corrected chi connectivity index (χ1v) is 0.960. The lowest BCUT2D eigenvalue weighted by Gasteiger charge is -1.54. The number of rotatable bonds is 1. The van der Waals surface area contributed by atoms with Crippen molar-refractivity contribution >= 4 is 6.29 Å². The molecule has 2 nitrogen and oxygen atoms in total. The molecular weight excluding hydrogens is 68.0 g/mol. The monoisotopic (exact) mass is 76.1 g/mol. The average molecular weight is 76.1 g/mol. The zero-order chi connectivity index (χ0) is 3.41. The molecule has 0 atom stereocenters. The van der Waals surface area contributed by atoms with Gasteiger partial charge in [0.1, 0.15) is 6.29 Å². The minimum absolute atomic E-state index is 0. The Hall–Kier alpha value is -0.370. The maximum Gasteiger partial charge on any atom is 0.145 e. The van der Waals surface area contributed by atoms with Crippen molar-refractivity contribution in [2.24, 2.45) is 0 Å². The Labute approximate surface area is 31.4 Å². The molecule has 1 N–H and O–H groups in total. The smallest absolute Gasteiger partial charge is 0.145 e. The second-order valence-corrected chi connectivity index (χ2v) is 0.349. The zero-order valence-corrected chi connectivity index (χ0v) is 2.14. The summed E-state index contributed by atoms with van der Waals surface area (Å²) < 4.78 is 0. The van der Waals surface area contributed by atoms with Crippen molar-refractivity contribution in [2.75, 3.05) is 6.61 Å². The molecule has 0 aliphatic carbocycles. The predicted octanol–water partition coefficient (Wildman–Crippen LogP) is -0.186. The lowest BCUT2D eigenvalue weighted by Crippen LogP contribution is -1.75. The van der Waals surface area contributed by atoms with Crippen molar-refractivity contribution in [3.05, 3.63) is 0 Å². The molecule has 0 saturated carbocycles. The Bertz CT molecular complexity index is 18.9. The summed E-state index contributed by atoms with van der Waals surface area (Å²) in [5.41, 5.74) is 0. The topological polar surface area (TPSA) is 37.3 Å². The molecule has 0 amide bonds. The highest BCUT2D eigenvalue weighted by atomic mass is 16.3. The fraction of sp³-hybridized carbons (Fsp3) is 0.667. The van der Waals surface area contributed by atoms with E-state index < -0.39 is 0 Å². The summed E-state index contributed by atoms with van der Waals surface area (Å²) in [6, 6.07) is 0. The highest BCUT2D eigenvalue weighted by Gasteiger charge is 1.53. The van der Waals surface area contributed by atoms with Crippen molar-refractivity contribution < 1.29 is 9.90 Å². The minimum Gasteiger partial charge on any atom is -0.389 e. The van der Waals surface area contributed by atoms with Gasteiger partial charge in [0.05, 0.1) is 6.61 Å². The maximum atomic E-state index is 8.92. The summed E-state index contributed by atoms with van der Waals surface area (Å²) in [7, 11) is 0. The van der Waals surface area contributed by atoms with E-state index in [1.807, 2.05) is 0 Å². The van der Waals surface area contributed by atoms with Gasteiger partial charge in [-0.05, 0) is 0 Å². The first kappa shape index (κ1) is 8.82. The number of aliphatic hydroxyl groups excluding tert-OH is 1. The summed E-state index contributed by atoms with van der Waals surface area (Å²) in [5, 5.41) is 7.51. The Morgan fingerprint density at radius 3 is 2.00 bits per heavy atom. The van der Waals surface area contributed by atoms with Gasteiger partial charge in [0.2, 0.25) is 0 Å². The van der Waals surface area contributed by atoms with E-state index in [4.69, 9.17) is 9.90 Å². The van der Waals surface area contributed by atoms with Crippen LogP contribution in [0.4, 0.5) is 0 Å². The van der Waals surface area contributed by atoms with Gasteiger partial charge in [0.25, 0.3) is 0 Å². The zero-order valence-electron chi connectivity index (χ0n) is 2.14. The largest absolute Gasteiger partial charge is 0.389 e. The number of carbonyl (C=O) groups is 1. The van der Waals surface area contributed by atoms with E-state index in [0.717, 1.165) is 0 Å². The molecule has 0 unspecified atom stereocenters. The lowest BCUT2D eigenvalue weighted by atomic mass is 10.9. The molecule has 0 radical (unpaired) electrons. The number of hydrogen-bond acceptors (Lipinski definition) is 2. The minimum atomic E-state index is -0.361. The lowest BCUT2D eigenvalue weighted by molar-refractivity contribution is -0.110. The van der Waals surface area contributed by atoms with Crippen LogP contribution in [0.2, 0.25) is 0 Å². The average Bonchev–Trinajstić information content (AvgIpc) is 1.37. The SMILES string of the molecule is C.O=CCO. The van der Waals surface area contributed by atoms with E-state index >= 15 is 0 Å². The number of aldehydes is 1. The second-order valence-electron chi connectivity index (χ2n) is 0.349. The first-order valence-electron chi connectivity index (χ1n) is 0.960. The fourth-order valence-electron chi connectivity index (χ4n) is 0. The molecule has 5 heavy (non-hydrogen) atoms.